The van der Waals surface area contributed by atoms with Crippen molar-refractivity contribution in [3.8, 4) is 0 Å². The molecule has 4 heteroatoms. The van der Waals surface area contributed by atoms with E-state index >= 15 is 0 Å². The smallest absolute Gasteiger partial charge is 0.0726 e. The molecule has 0 bridgehead atoms. The fourth-order valence-electron chi connectivity index (χ4n) is 3.60. The summed E-state index contributed by atoms with van der Waals surface area (Å²) in [6.07, 6.45) is 4.07. The highest BCUT2D eigenvalue weighted by Gasteiger charge is 2.24. The lowest BCUT2D eigenvalue weighted by Crippen LogP contribution is -2.46. The first-order chi connectivity index (χ1) is 11.0. The Bertz CT molecular complexity index is 470. The zero-order chi connectivity index (χ0) is 16.8. The number of benzene rings is 1. The van der Waals surface area contributed by atoms with Crippen LogP contribution in [0.1, 0.15) is 44.2 Å². The second kappa shape index (κ2) is 8.55. The number of anilines is 2. The van der Waals surface area contributed by atoms with E-state index in [9.17, 15) is 0 Å². The van der Waals surface area contributed by atoms with Gasteiger partial charge in [-0.15, -0.1) is 0 Å². The van der Waals surface area contributed by atoms with Crippen molar-refractivity contribution in [1.82, 2.24) is 0 Å². The molecule has 1 aliphatic rings. The highest BCUT2D eigenvalue weighted by atomic mass is 16.5. The number of rotatable bonds is 7. The van der Waals surface area contributed by atoms with E-state index < -0.39 is 0 Å². The van der Waals surface area contributed by atoms with Gasteiger partial charge in [0, 0.05) is 31.0 Å². The Kier molecular flexibility index (Phi) is 6.72. The van der Waals surface area contributed by atoms with Crippen LogP contribution in [0.25, 0.3) is 0 Å². The van der Waals surface area contributed by atoms with Gasteiger partial charge >= 0.3 is 0 Å². The molecular formula is C19H33N3O. The minimum atomic E-state index is 0.290. The van der Waals surface area contributed by atoms with Gasteiger partial charge in [-0.3, -0.25) is 0 Å². The van der Waals surface area contributed by atoms with Crippen LogP contribution in [0, 0.1) is 13.8 Å². The second-order valence-electron chi connectivity index (χ2n) is 6.90. The molecule has 23 heavy (non-hydrogen) atoms. The van der Waals surface area contributed by atoms with E-state index in [0.29, 0.717) is 0 Å². The van der Waals surface area contributed by atoms with Crippen molar-refractivity contribution in [3.05, 3.63) is 23.3 Å². The summed E-state index contributed by atoms with van der Waals surface area (Å²) < 4.78 is 5.86. The molecule has 0 aliphatic carbocycles. The molecule has 0 aromatic heterocycles. The monoisotopic (exact) mass is 319 g/mol. The van der Waals surface area contributed by atoms with Crippen LogP contribution >= 0.6 is 0 Å². The lowest BCUT2D eigenvalue weighted by molar-refractivity contribution is -0.00527. The molecule has 0 spiro atoms. The first-order valence-electron chi connectivity index (χ1n) is 8.97. The van der Waals surface area contributed by atoms with E-state index in [1.54, 1.807) is 0 Å². The summed E-state index contributed by atoms with van der Waals surface area (Å²) in [4.78, 5) is 2.48. The summed E-state index contributed by atoms with van der Waals surface area (Å²) in [6, 6.07) is 4.55. The van der Waals surface area contributed by atoms with E-state index in [0.717, 1.165) is 32.6 Å². The summed E-state index contributed by atoms with van der Waals surface area (Å²) in [6.45, 7) is 12.5. The number of ether oxygens (including phenoxy) is 1. The Morgan fingerprint density at radius 3 is 2.26 bits per heavy atom. The zero-order valence-electron chi connectivity index (χ0n) is 15.2. The van der Waals surface area contributed by atoms with Gasteiger partial charge in [-0.05, 0) is 70.3 Å². The molecule has 1 heterocycles. The Labute approximate surface area is 141 Å². The Hall–Kier alpha value is -1.26. The summed E-state index contributed by atoms with van der Waals surface area (Å²) in [5.74, 6) is 0. The van der Waals surface area contributed by atoms with E-state index in [-0.39, 0.29) is 12.2 Å². The number of morpholine rings is 1. The molecule has 1 fully saturated rings. The number of hydrogen-bond acceptors (Lipinski definition) is 4. The molecule has 4 nitrogen and oxygen atoms in total. The summed E-state index contributed by atoms with van der Waals surface area (Å²) in [5.41, 5.74) is 10.8. The van der Waals surface area contributed by atoms with Gasteiger partial charge in [0.2, 0.25) is 0 Å². The average Bonchev–Trinajstić information content (AvgIpc) is 2.45. The van der Waals surface area contributed by atoms with Crippen LogP contribution in [0.2, 0.25) is 0 Å². The summed E-state index contributed by atoms with van der Waals surface area (Å²) in [5, 5.41) is 3.55. The van der Waals surface area contributed by atoms with E-state index in [2.05, 4.69) is 50.0 Å². The van der Waals surface area contributed by atoms with Gasteiger partial charge in [0.15, 0.2) is 0 Å². The molecule has 2 atom stereocenters. The highest BCUT2D eigenvalue weighted by Crippen LogP contribution is 2.30. The molecule has 0 radical (unpaired) electrons. The number of nitrogens with zero attached hydrogens (tertiary/aromatic N) is 1. The van der Waals surface area contributed by atoms with Crippen LogP contribution in [0.3, 0.4) is 0 Å². The van der Waals surface area contributed by atoms with Gasteiger partial charge in [-0.25, -0.2) is 0 Å². The third kappa shape index (κ3) is 5.11. The minimum absolute atomic E-state index is 0.290. The van der Waals surface area contributed by atoms with Gasteiger partial charge in [-0.1, -0.05) is 6.42 Å². The van der Waals surface area contributed by atoms with Gasteiger partial charge in [0.05, 0.1) is 12.2 Å². The largest absolute Gasteiger partial charge is 0.385 e. The number of nitrogens with two attached hydrogens (primary N) is 1. The number of aryl methyl sites for hydroxylation is 2. The van der Waals surface area contributed by atoms with Crippen molar-refractivity contribution in [3.63, 3.8) is 0 Å². The molecule has 2 rings (SSSR count). The number of hydrogen-bond donors (Lipinski definition) is 2. The standard InChI is InChI=1S/C19H33N3O/c1-14-10-18(21-9-7-5-6-8-20)11-15(2)19(14)22-12-16(3)23-17(4)13-22/h10-11,16-17,21H,5-9,12-13,20H2,1-4H3/t16-,17?/m1/s1. The molecular weight excluding hydrogens is 286 g/mol. The van der Waals surface area contributed by atoms with Crippen LogP contribution < -0.4 is 16.0 Å². The van der Waals surface area contributed by atoms with Gasteiger partial charge in [0.25, 0.3) is 0 Å². The van der Waals surface area contributed by atoms with Crippen molar-refractivity contribution >= 4 is 11.4 Å². The van der Waals surface area contributed by atoms with Crippen molar-refractivity contribution in [2.45, 2.75) is 59.2 Å². The fraction of sp³-hybridized carbons (Fsp3) is 0.684. The highest BCUT2D eigenvalue weighted by molar-refractivity contribution is 5.66. The lowest BCUT2D eigenvalue weighted by atomic mass is 10.0. The normalized spacial score (nSPS) is 21.5. The fourth-order valence-corrected chi connectivity index (χ4v) is 3.60. The first-order valence-corrected chi connectivity index (χ1v) is 8.97. The maximum Gasteiger partial charge on any atom is 0.0726 e. The Morgan fingerprint density at radius 1 is 1.09 bits per heavy atom. The van der Waals surface area contributed by atoms with Crippen LogP contribution in [-0.2, 0) is 4.74 Å². The molecule has 3 N–H and O–H groups in total. The van der Waals surface area contributed by atoms with Gasteiger partial charge in [0.1, 0.15) is 0 Å². The number of unbranched alkanes of at least 4 members (excludes halogenated alkanes) is 2. The van der Waals surface area contributed by atoms with E-state index in [1.165, 1.54) is 35.3 Å². The van der Waals surface area contributed by atoms with Crippen LogP contribution in [0.4, 0.5) is 11.4 Å². The molecule has 0 saturated carbocycles. The average molecular weight is 319 g/mol. The lowest BCUT2D eigenvalue weighted by Gasteiger charge is -2.38. The third-order valence-corrected chi connectivity index (χ3v) is 4.44. The molecule has 1 aliphatic heterocycles. The summed E-state index contributed by atoms with van der Waals surface area (Å²) >= 11 is 0. The van der Waals surface area contributed by atoms with Gasteiger partial charge < -0.3 is 20.7 Å². The molecule has 1 saturated heterocycles. The summed E-state index contributed by atoms with van der Waals surface area (Å²) in [7, 11) is 0. The Morgan fingerprint density at radius 2 is 1.70 bits per heavy atom. The van der Waals surface area contributed by atoms with Crippen LogP contribution in [0.15, 0.2) is 12.1 Å². The molecule has 130 valence electrons. The van der Waals surface area contributed by atoms with Crippen LogP contribution in [0.5, 0.6) is 0 Å². The maximum absolute atomic E-state index is 5.86. The molecule has 1 unspecified atom stereocenters. The van der Waals surface area contributed by atoms with Crippen molar-refractivity contribution in [2.24, 2.45) is 5.73 Å². The predicted octanol–water partition coefficient (Wildman–Crippen LogP) is 3.46. The number of nitrogens with one attached hydrogen (secondary N) is 1. The van der Waals surface area contributed by atoms with Crippen molar-refractivity contribution in [1.29, 1.82) is 0 Å². The zero-order valence-corrected chi connectivity index (χ0v) is 15.2. The van der Waals surface area contributed by atoms with Gasteiger partial charge in [-0.2, -0.15) is 0 Å². The predicted molar refractivity (Wildman–Crippen MR) is 99.5 cm³/mol. The second-order valence-corrected chi connectivity index (χ2v) is 6.90. The van der Waals surface area contributed by atoms with Crippen LogP contribution in [-0.4, -0.2) is 38.4 Å². The molecule has 0 amide bonds. The topological polar surface area (TPSA) is 50.5 Å². The third-order valence-electron chi connectivity index (χ3n) is 4.44. The minimum Gasteiger partial charge on any atom is -0.385 e. The molecule has 1 aromatic carbocycles. The first kappa shape index (κ1) is 18.1. The van der Waals surface area contributed by atoms with Crippen molar-refractivity contribution in [2.75, 3.05) is 36.4 Å². The van der Waals surface area contributed by atoms with Crippen molar-refractivity contribution < 1.29 is 4.74 Å². The molecule has 1 aromatic rings. The van der Waals surface area contributed by atoms with E-state index in [1.807, 2.05) is 0 Å². The maximum atomic E-state index is 5.86. The quantitative estimate of drug-likeness (QED) is 0.756. The van der Waals surface area contributed by atoms with E-state index in [4.69, 9.17) is 10.5 Å². The SMILES string of the molecule is Cc1cc(NCCCCCN)cc(C)c1N1CC(C)O[C@H](C)C1. The Balaban J connectivity index is 2.02.